The van der Waals surface area contributed by atoms with Gasteiger partial charge in [-0.05, 0) is 30.2 Å². The van der Waals surface area contributed by atoms with Gasteiger partial charge in [-0.25, -0.2) is 0 Å². The number of hydrogen-bond donors (Lipinski definition) is 1. The van der Waals surface area contributed by atoms with Crippen LogP contribution in [0.3, 0.4) is 0 Å². The fourth-order valence-corrected chi connectivity index (χ4v) is 3.49. The summed E-state index contributed by atoms with van der Waals surface area (Å²) in [7, 11) is 0. The molecule has 0 aromatic heterocycles. The first-order valence-electron chi connectivity index (χ1n) is 8.81. The average molecular weight is 392 g/mol. The minimum Gasteiger partial charge on any atom is -0.344 e. The summed E-state index contributed by atoms with van der Waals surface area (Å²) in [5.41, 5.74) is 3.23. The Labute approximate surface area is 167 Å². The Hall–Kier alpha value is -3.12. The van der Waals surface area contributed by atoms with E-state index in [1.54, 1.807) is 12.1 Å². The molecule has 3 aromatic carbocycles. The number of amides is 1. The first-order chi connectivity index (χ1) is 13.5. The predicted molar refractivity (Wildman–Crippen MR) is 111 cm³/mol. The van der Waals surface area contributed by atoms with E-state index in [9.17, 15) is 14.9 Å². The number of carbonyl (C=O) groups excluding carboxylic acids is 1. The Bertz CT molecular complexity index is 942. The van der Waals surface area contributed by atoms with E-state index in [-0.39, 0.29) is 23.4 Å². The zero-order valence-corrected chi connectivity index (χ0v) is 16.2. The van der Waals surface area contributed by atoms with Gasteiger partial charge in [0.15, 0.2) is 0 Å². The number of nitrogens with zero attached hydrogens (tertiary/aromatic N) is 1. The third kappa shape index (κ3) is 5.20. The quantitative estimate of drug-likeness (QED) is 0.353. The molecule has 1 unspecified atom stereocenters. The molecule has 0 radical (unpaired) electrons. The van der Waals surface area contributed by atoms with Crippen LogP contribution < -0.4 is 5.32 Å². The molecule has 0 saturated carbocycles. The molecule has 142 valence electrons. The molecule has 3 aromatic rings. The average Bonchev–Trinajstić information content (AvgIpc) is 2.72. The maximum absolute atomic E-state index is 12.6. The van der Waals surface area contributed by atoms with Gasteiger partial charge in [0.1, 0.15) is 0 Å². The van der Waals surface area contributed by atoms with E-state index in [4.69, 9.17) is 0 Å². The molecule has 28 heavy (non-hydrogen) atoms. The summed E-state index contributed by atoms with van der Waals surface area (Å²) in [5.74, 6) is 0.130. The summed E-state index contributed by atoms with van der Waals surface area (Å²) < 4.78 is 0. The molecule has 0 spiro atoms. The van der Waals surface area contributed by atoms with E-state index in [0.717, 1.165) is 21.6 Å². The molecule has 0 aliphatic heterocycles. The highest BCUT2D eigenvalue weighted by Crippen LogP contribution is 2.24. The number of thioether (sulfide) groups is 1. The summed E-state index contributed by atoms with van der Waals surface area (Å²) in [6.07, 6.45) is 0. The molecule has 0 heterocycles. The lowest BCUT2D eigenvalue weighted by atomic mass is 9.98. The van der Waals surface area contributed by atoms with Crippen LogP contribution in [0.2, 0.25) is 0 Å². The lowest BCUT2D eigenvalue weighted by Crippen LogP contribution is -2.30. The summed E-state index contributed by atoms with van der Waals surface area (Å²) >= 11 is 1.35. The Morgan fingerprint density at radius 3 is 2.18 bits per heavy atom. The maximum atomic E-state index is 12.6. The third-order valence-corrected chi connectivity index (χ3v) is 5.28. The number of nitro groups is 1. The van der Waals surface area contributed by atoms with Gasteiger partial charge < -0.3 is 5.32 Å². The van der Waals surface area contributed by atoms with Crippen molar-refractivity contribution in [2.75, 3.05) is 5.75 Å². The Morgan fingerprint density at radius 2 is 1.57 bits per heavy atom. The van der Waals surface area contributed by atoms with E-state index in [2.05, 4.69) is 5.32 Å². The normalized spacial score (nSPS) is 11.6. The lowest BCUT2D eigenvalue weighted by Gasteiger charge is -2.20. The number of nitro benzene ring substituents is 1. The van der Waals surface area contributed by atoms with E-state index in [1.165, 1.54) is 23.9 Å². The van der Waals surface area contributed by atoms with E-state index >= 15 is 0 Å². The van der Waals surface area contributed by atoms with Crippen LogP contribution in [0.4, 0.5) is 5.69 Å². The first kappa shape index (κ1) is 19.6. The van der Waals surface area contributed by atoms with Gasteiger partial charge in [-0.2, -0.15) is 0 Å². The third-order valence-electron chi connectivity index (χ3n) is 4.27. The highest BCUT2D eigenvalue weighted by Gasteiger charge is 2.17. The Kier molecular flexibility index (Phi) is 6.45. The van der Waals surface area contributed by atoms with E-state index < -0.39 is 4.92 Å². The van der Waals surface area contributed by atoms with Crippen LogP contribution in [0.25, 0.3) is 0 Å². The molecule has 0 aliphatic carbocycles. The minimum absolute atomic E-state index is 0.0392. The second-order valence-electron chi connectivity index (χ2n) is 6.36. The molecule has 1 N–H and O–H groups in total. The number of rotatable bonds is 7. The molecule has 5 nitrogen and oxygen atoms in total. The topological polar surface area (TPSA) is 72.2 Å². The molecule has 0 aliphatic rings. The summed E-state index contributed by atoms with van der Waals surface area (Å²) in [5, 5.41) is 13.8. The number of non-ortho nitro benzene ring substituents is 1. The molecule has 0 fully saturated rings. The second kappa shape index (κ2) is 9.19. The molecule has 3 rings (SSSR count). The zero-order valence-electron chi connectivity index (χ0n) is 15.4. The largest absolute Gasteiger partial charge is 0.344 e. The highest BCUT2D eigenvalue weighted by atomic mass is 32.2. The number of nitrogens with one attached hydrogen (secondary N) is 1. The van der Waals surface area contributed by atoms with Gasteiger partial charge in [-0.15, -0.1) is 11.8 Å². The van der Waals surface area contributed by atoms with E-state index in [1.807, 2.05) is 61.5 Å². The summed E-state index contributed by atoms with van der Waals surface area (Å²) in [6, 6.07) is 23.9. The van der Waals surface area contributed by atoms with Crippen molar-refractivity contribution >= 4 is 23.4 Å². The van der Waals surface area contributed by atoms with Crippen molar-refractivity contribution in [1.82, 2.24) is 5.32 Å². The van der Waals surface area contributed by atoms with Crippen molar-refractivity contribution in [1.29, 1.82) is 0 Å². The van der Waals surface area contributed by atoms with Crippen molar-refractivity contribution in [3.63, 3.8) is 0 Å². The standard InChI is InChI=1S/C22H20N2O3S/c1-16-7-9-18(10-8-16)22(17-5-3-2-4-6-17)23-21(25)15-28-20-13-11-19(12-14-20)24(26)27/h2-14,22H,15H2,1H3,(H,23,25). The summed E-state index contributed by atoms with van der Waals surface area (Å²) in [6.45, 7) is 2.03. The number of hydrogen-bond acceptors (Lipinski definition) is 4. The Morgan fingerprint density at radius 1 is 0.964 bits per heavy atom. The van der Waals surface area contributed by atoms with Crippen LogP contribution >= 0.6 is 11.8 Å². The minimum atomic E-state index is -0.437. The van der Waals surface area contributed by atoms with Crippen LogP contribution in [0, 0.1) is 17.0 Å². The van der Waals surface area contributed by atoms with Gasteiger partial charge in [0.05, 0.1) is 16.7 Å². The van der Waals surface area contributed by atoms with Gasteiger partial charge in [0.2, 0.25) is 5.91 Å². The number of aryl methyl sites for hydroxylation is 1. The fourth-order valence-electron chi connectivity index (χ4n) is 2.78. The van der Waals surface area contributed by atoms with Crippen molar-refractivity contribution in [3.05, 3.63) is 106 Å². The second-order valence-corrected chi connectivity index (χ2v) is 7.41. The van der Waals surface area contributed by atoms with Crippen LogP contribution in [0.1, 0.15) is 22.7 Å². The van der Waals surface area contributed by atoms with Crippen molar-refractivity contribution in [3.8, 4) is 0 Å². The van der Waals surface area contributed by atoms with Crippen LogP contribution in [0.15, 0.2) is 83.8 Å². The van der Waals surface area contributed by atoms with Gasteiger partial charge >= 0.3 is 0 Å². The first-order valence-corrected chi connectivity index (χ1v) is 9.79. The molecule has 1 atom stereocenters. The molecule has 6 heteroatoms. The van der Waals surface area contributed by atoms with Gasteiger partial charge in [-0.3, -0.25) is 14.9 Å². The fraction of sp³-hybridized carbons (Fsp3) is 0.136. The zero-order chi connectivity index (χ0) is 19.9. The van der Waals surface area contributed by atoms with Gasteiger partial charge in [0.25, 0.3) is 5.69 Å². The summed E-state index contributed by atoms with van der Waals surface area (Å²) in [4.78, 5) is 23.7. The smallest absolute Gasteiger partial charge is 0.269 e. The number of carbonyl (C=O) groups is 1. The Balaban J connectivity index is 1.69. The highest BCUT2D eigenvalue weighted by molar-refractivity contribution is 8.00. The SMILES string of the molecule is Cc1ccc(C(NC(=O)CSc2ccc([N+](=O)[O-])cc2)c2ccccc2)cc1. The predicted octanol–water partition coefficient (Wildman–Crippen LogP) is 4.90. The lowest BCUT2D eigenvalue weighted by molar-refractivity contribution is -0.384. The molecule has 1 amide bonds. The van der Waals surface area contributed by atoms with Crippen LogP contribution in [0.5, 0.6) is 0 Å². The molecule has 0 bridgehead atoms. The van der Waals surface area contributed by atoms with Crippen molar-refractivity contribution in [2.24, 2.45) is 0 Å². The van der Waals surface area contributed by atoms with Gasteiger partial charge in [0, 0.05) is 17.0 Å². The van der Waals surface area contributed by atoms with Gasteiger partial charge in [-0.1, -0.05) is 60.2 Å². The van der Waals surface area contributed by atoms with Crippen LogP contribution in [-0.2, 0) is 4.79 Å². The van der Waals surface area contributed by atoms with Crippen molar-refractivity contribution in [2.45, 2.75) is 17.9 Å². The molecular formula is C22H20N2O3S. The van der Waals surface area contributed by atoms with Crippen molar-refractivity contribution < 1.29 is 9.72 Å². The maximum Gasteiger partial charge on any atom is 0.269 e. The number of benzene rings is 3. The molecular weight excluding hydrogens is 372 g/mol. The molecule has 0 saturated heterocycles. The van der Waals surface area contributed by atoms with Crippen LogP contribution in [-0.4, -0.2) is 16.6 Å². The van der Waals surface area contributed by atoms with E-state index in [0.29, 0.717) is 0 Å². The monoisotopic (exact) mass is 392 g/mol.